The van der Waals surface area contributed by atoms with Gasteiger partial charge >= 0.3 is 0 Å². The second-order valence-electron chi connectivity index (χ2n) is 12.6. The van der Waals surface area contributed by atoms with Crippen molar-refractivity contribution in [3.63, 3.8) is 0 Å². The largest absolute Gasteiger partial charge is 0.278 e. The van der Waals surface area contributed by atoms with Gasteiger partial charge in [0.25, 0.3) is 0 Å². The fourth-order valence-electron chi connectivity index (χ4n) is 7.81. The van der Waals surface area contributed by atoms with E-state index in [-0.39, 0.29) is 0 Å². The zero-order valence-electron chi connectivity index (χ0n) is 25.7. The monoisotopic (exact) mass is 627 g/mol. The Kier molecular flexibility index (Phi) is 5.26. The summed E-state index contributed by atoms with van der Waals surface area (Å²) in [5.74, 6) is 0.686. The SMILES string of the molecule is c1ccc2cc(-c3nc(-n4c5ccccc5c5c6ccc7ccc8ccccc8c7c6ccc54)nc4c3sc3ccccc34)ccc2c1. The molecule has 3 nitrogen and oxygen atoms in total. The average molecular weight is 628 g/mol. The normalized spacial score (nSPS) is 12.2. The van der Waals surface area contributed by atoms with E-state index in [9.17, 15) is 0 Å². The van der Waals surface area contributed by atoms with Gasteiger partial charge in [-0.15, -0.1) is 11.3 Å². The van der Waals surface area contributed by atoms with Gasteiger partial charge in [-0.1, -0.05) is 127 Å². The van der Waals surface area contributed by atoms with Crippen molar-refractivity contribution in [3.05, 3.63) is 152 Å². The first-order valence-electron chi connectivity index (χ1n) is 16.3. The van der Waals surface area contributed by atoms with E-state index in [2.05, 4.69) is 156 Å². The van der Waals surface area contributed by atoms with Crippen LogP contribution in [0.2, 0.25) is 0 Å². The van der Waals surface area contributed by atoms with Crippen LogP contribution in [0.4, 0.5) is 0 Å². The van der Waals surface area contributed by atoms with Crippen LogP contribution < -0.4 is 0 Å². The molecule has 0 N–H and O–H groups in total. The molecular weight excluding hydrogens is 603 g/mol. The van der Waals surface area contributed by atoms with Gasteiger partial charge in [0, 0.05) is 26.4 Å². The van der Waals surface area contributed by atoms with Gasteiger partial charge in [-0.3, -0.25) is 4.57 Å². The first-order chi connectivity index (χ1) is 23.8. The van der Waals surface area contributed by atoms with Gasteiger partial charge in [0.05, 0.1) is 26.9 Å². The Morgan fingerprint density at radius 1 is 0.438 bits per heavy atom. The first-order valence-corrected chi connectivity index (χ1v) is 17.1. The molecule has 3 aromatic heterocycles. The summed E-state index contributed by atoms with van der Waals surface area (Å²) in [6.07, 6.45) is 0. The van der Waals surface area contributed by atoms with Gasteiger partial charge < -0.3 is 0 Å². The van der Waals surface area contributed by atoms with E-state index < -0.39 is 0 Å². The highest BCUT2D eigenvalue weighted by molar-refractivity contribution is 7.26. The fourth-order valence-corrected chi connectivity index (χ4v) is 8.96. The number of aromatic nitrogens is 3. The lowest BCUT2D eigenvalue weighted by Gasteiger charge is -2.12. The van der Waals surface area contributed by atoms with Crippen molar-refractivity contribution in [2.75, 3.05) is 0 Å². The van der Waals surface area contributed by atoms with Crippen LogP contribution in [0.3, 0.4) is 0 Å². The van der Waals surface area contributed by atoms with Gasteiger partial charge in [-0.2, -0.15) is 0 Å². The molecule has 0 fully saturated rings. The van der Waals surface area contributed by atoms with E-state index in [0.29, 0.717) is 5.95 Å². The van der Waals surface area contributed by atoms with Crippen molar-refractivity contribution in [1.29, 1.82) is 0 Å². The molecule has 0 aliphatic heterocycles. The lowest BCUT2D eigenvalue weighted by molar-refractivity contribution is 1.02. The number of hydrogen-bond donors (Lipinski definition) is 0. The number of fused-ring (bicyclic) bond motifs is 13. The molecule has 0 bridgehead atoms. The summed E-state index contributed by atoms with van der Waals surface area (Å²) in [5, 5.41) is 13.6. The zero-order chi connectivity index (χ0) is 31.3. The molecule has 11 rings (SSSR count). The number of benzene rings is 8. The van der Waals surface area contributed by atoms with E-state index in [4.69, 9.17) is 9.97 Å². The van der Waals surface area contributed by atoms with E-state index in [1.165, 1.54) is 58.6 Å². The highest BCUT2D eigenvalue weighted by Gasteiger charge is 2.21. The summed E-state index contributed by atoms with van der Waals surface area (Å²) in [4.78, 5) is 10.8. The maximum atomic E-state index is 5.45. The third kappa shape index (κ3) is 3.58. The standard InChI is InChI=1S/C44H25N3S/c1-2-11-29-25-30(20-17-26(29)9-1)41-43-42(35-14-6-8-16-38(35)48-43)46-44(45-41)47-36-15-7-5-13-34(36)40-33-22-21-28-19-18-27-10-3-4-12-31(27)39(28)32(33)23-24-37(40)47/h1-25H. The lowest BCUT2D eigenvalue weighted by atomic mass is 9.94. The maximum absolute atomic E-state index is 5.45. The van der Waals surface area contributed by atoms with Crippen molar-refractivity contribution in [3.8, 4) is 17.2 Å². The summed E-state index contributed by atoms with van der Waals surface area (Å²) in [5.41, 5.74) is 5.26. The van der Waals surface area contributed by atoms with Crippen molar-refractivity contribution in [2.45, 2.75) is 0 Å². The summed E-state index contributed by atoms with van der Waals surface area (Å²) in [6, 6.07) is 54.8. The second-order valence-corrected chi connectivity index (χ2v) is 13.6. The molecule has 0 saturated heterocycles. The Morgan fingerprint density at radius 3 is 2.02 bits per heavy atom. The van der Waals surface area contributed by atoms with E-state index in [1.54, 1.807) is 11.3 Å². The molecular formula is C44H25N3S. The van der Waals surface area contributed by atoms with Gasteiger partial charge in [-0.25, -0.2) is 9.97 Å². The Morgan fingerprint density at radius 2 is 1.10 bits per heavy atom. The minimum Gasteiger partial charge on any atom is -0.278 e. The molecule has 0 amide bonds. The van der Waals surface area contributed by atoms with Crippen molar-refractivity contribution in [2.24, 2.45) is 0 Å². The van der Waals surface area contributed by atoms with E-state index in [0.717, 1.165) is 37.9 Å². The Hall–Kier alpha value is -6.10. The molecule has 0 aliphatic carbocycles. The molecule has 0 spiro atoms. The quantitative estimate of drug-likeness (QED) is 0.179. The van der Waals surface area contributed by atoms with Crippen LogP contribution in [0.5, 0.6) is 0 Å². The van der Waals surface area contributed by atoms with Crippen LogP contribution in [0.25, 0.3) is 102 Å². The highest BCUT2D eigenvalue weighted by Crippen LogP contribution is 2.43. The predicted octanol–water partition coefficient (Wildman–Crippen LogP) is 12.2. The summed E-state index contributed by atoms with van der Waals surface area (Å²) < 4.78 is 4.60. The molecule has 0 aliphatic rings. The van der Waals surface area contributed by atoms with Crippen LogP contribution in [-0.2, 0) is 0 Å². The van der Waals surface area contributed by atoms with Crippen LogP contribution >= 0.6 is 11.3 Å². The van der Waals surface area contributed by atoms with E-state index in [1.807, 2.05) is 0 Å². The van der Waals surface area contributed by atoms with Crippen LogP contribution in [0, 0.1) is 0 Å². The molecule has 48 heavy (non-hydrogen) atoms. The zero-order valence-corrected chi connectivity index (χ0v) is 26.5. The van der Waals surface area contributed by atoms with Gasteiger partial charge in [0.15, 0.2) is 0 Å². The average Bonchev–Trinajstić information content (AvgIpc) is 3.70. The Labute approximate surface area is 278 Å². The second kappa shape index (κ2) is 9.71. The minimum atomic E-state index is 0.686. The molecule has 3 heterocycles. The van der Waals surface area contributed by atoms with Crippen molar-refractivity contribution < 1.29 is 0 Å². The number of hydrogen-bond acceptors (Lipinski definition) is 3. The molecule has 11 aromatic rings. The Balaban J connectivity index is 1.27. The van der Waals surface area contributed by atoms with Gasteiger partial charge in [0.2, 0.25) is 5.95 Å². The summed E-state index contributed by atoms with van der Waals surface area (Å²) in [7, 11) is 0. The van der Waals surface area contributed by atoms with Crippen molar-refractivity contribution >= 4 is 96.5 Å². The fraction of sp³-hybridized carbons (Fsp3) is 0. The van der Waals surface area contributed by atoms with Crippen LogP contribution in [-0.4, -0.2) is 14.5 Å². The minimum absolute atomic E-state index is 0.686. The molecule has 0 saturated carbocycles. The lowest BCUT2D eigenvalue weighted by Crippen LogP contribution is -2.02. The molecule has 8 aromatic carbocycles. The summed E-state index contributed by atoms with van der Waals surface area (Å²) >= 11 is 1.77. The topological polar surface area (TPSA) is 30.7 Å². The molecule has 0 unspecified atom stereocenters. The Bertz CT molecular complexity index is 3130. The number of thiophene rings is 1. The van der Waals surface area contributed by atoms with Crippen LogP contribution in [0.15, 0.2) is 152 Å². The first kappa shape index (κ1) is 26.0. The van der Waals surface area contributed by atoms with Gasteiger partial charge in [0.1, 0.15) is 0 Å². The number of nitrogens with zero attached hydrogens (tertiary/aromatic N) is 3. The smallest absolute Gasteiger partial charge is 0.235 e. The third-order valence-corrected chi connectivity index (χ3v) is 11.1. The molecule has 0 radical (unpaired) electrons. The number of rotatable bonds is 2. The third-order valence-electron chi connectivity index (χ3n) is 9.97. The van der Waals surface area contributed by atoms with Crippen LogP contribution in [0.1, 0.15) is 0 Å². The molecule has 222 valence electrons. The highest BCUT2D eigenvalue weighted by atomic mass is 32.1. The summed E-state index contributed by atoms with van der Waals surface area (Å²) in [6.45, 7) is 0. The van der Waals surface area contributed by atoms with Crippen molar-refractivity contribution in [1.82, 2.24) is 14.5 Å². The molecule has 4 heteroatoms. The van der Waals surface area contributed by atoms with E-state index >= 15 is 0 Å². The predicted molar refractivity (Wildman–Crippen MR) is 205 cm³/mol. The van der Waals surface area contributed by atoms with Gasteiger partial charge in [-0.05, 0) is 67.4 Å². The number of para-hydroxylation sites is 1. The molecule has 0 atom stereocenters. The maximum Gasteiger partial charge on any atom is 0.235 e.